The quantitative estimate of drug-likeness (QED) is 0.877. The topological polar surface area (TPSA) is 54.2 Å². The van der Waals surface area contributed by atoms with Gasteiger partial charge in [0.15, 0.2) is 0 Å². The van der Waals surface area contributed by atoms with E-state index < -0.39 is 5.60 Å². The normalized spacial score (nSPS) is 19.3. The summed E-state index contributed by atoms with van der Waals surface area (Å²) in [6, 6.07) is 8.85. The molecule has 1 N–H and O–H groups in total. The van der Waals surface area contributed by atoms with E-state index in [-0.39, 0.29) is 0 Å². The Hall–Kier alpha value is -1.72. The Kier molecular flexibility index (Phi) is 5.54. The van der Waals surface area contributed by atoms with E-state index >= 15 is 0 Å². The van der Waals surface area contributed by atoms with Gasteiger partial charge in [-0.15, -0.1) is 10.2 Å². The molecule has 1 aromatic carbocycles. The number of hydrogen-bond donors (Lipinski definition) is 1. The summed E-state index contributed by atoms with van der Waals surface area (Å²) in [6.45, 7) is 6.92. The first-order valence-electron chi connectivity index (χ1n) is 9.27. The third-order valence-electron chi connectivity index (χ3n) is 5.07. The summed E-state index contributed by atoms with van der Waals surface area (Å²) in [5, 5.41) is 18.2. The van der Waals surface area contributed by atoms with Crippen LogP contribution in [0, 0.1) is 0 Å². The minimum atomic E-state index is -0.596. The molecule has 1 atom stereocenters. The lowest BCUT2D eigenvalue weighted by atomic mass is 9.96. The molecule has 2 aromatic rings. The molecule has 5 heteroatoms. The fourth-order valence-corrected chi connectivity index (χ4v) is 3.59. The predicted molar refractivity (Wildman–Crippen MR) is 99.3 cm³/mol. The molecule has 1 aliphatic rings. The van der Waals surface area contributed by atoms with Gasteiger partial charge < -0.3 is 9.67 Å². The molecule has 0 bridgehead atoms. The van der Waals surface area contributed by atoms with Crippen molar-refractivity contribution in [1.29, 1.82) is 0 Å². The Morgan fingerprint density at radius 3 is 2.56 bits per heavy atom. The number of aryl methyl sites for hydroxylation is 2. The first-order chi connectivity index (χ1) is 11.9. The first kappa shape index (κ1) is 18.1. The Morgan fingerprint density at radius 2 is 1.92 bits per heavy atom. The van der Waals surface area contributed by atoms with Crippen molar-refractivity contribution in [3.8, 4) is 0 Å². The Labute approximate surface area is 150 Å². The van der Waals surface area contributed by atoms with Crippen LogP contribution in [0.1, 0.15) is 56.0 Å². The average Bonchev–Trinajstić information content (AvgIpc) is 3.00. The van der Waals surface area contributed by atoms with Crippen molar-refractivity contribution in [2.24, 2.45) is 7.05 Å². The number of rotatable bonds is 6. The van der Waals surface area contributed by atoms with E-state index in [0.29, 0.717) is 5.92 Å². The zero-order valence-corrected chi connectivity index (χ0v) is 15.6. The second-order valence-corrected chi connectivity index (χ2v) is 8.00. The summed E-state index contributed by atoms with van der Waals surface area (Å²) in [7, 11) is 2.03. The van der Waals surface area contributed by atoms with E-state index in [1.54, 1.807) is 6.33 Å². The van der Waals surface area contributed by atoms with E-state index in [1.165, 1.54) is 24.0 Å². The molecule has 2 heterocycles. The lowest BCUT2D eigenvalue weighted by molar-refractivity contribution is 0.0714. The van der Waals surface area contributed by atoms with Gasteiger partial charge in [0.05, 0.1) is 5.60 Å². The highest BCUT2D eigenvalue weighted by Gasteiger charge is 2.24. The van der Waals surface area contributed by atoms with Crippen molar-refractivity contribution in [3.05, 3.63) is 47.5 Å². The minimum Gasteiger partial charge on any atom is -0.390 e. The summed E-state index contributed by atoms with van der Waals surface area (Å²) in [4.78, 5) is 2.52. The molecule has 1 aliphatic heterocycles. The van der Waals surface area contributed by atoms with Crippen LogP contribution in [-0.2, 0) is 20.0 Å². The third-order valence-corrected chi connectivity index (χ3v) is 5.07. The van der Waals surface area contributed by atoms with E-state index in [0.717, 1.165) is 38.3 Å². The summed E-state index contributed by atoms with van der Waals surface area (Å²) in [6.07, 6.45) is 5.90. The van der Waals surface area contributed by atoms with Gasteiger partial charge in [0.2, 0.25) is 0 Å². The number of piperidine rings is 1. The van der Waals surface area contributed by atoms with Gasteiger partial charge in [-0.3, -0.25) is 4.90 Å². The summed E-state index contributed by atoms with van der Waals surface area (Å²) < 4.78 is 2.05. The van der Waals surface area contributed by atoms with Crippen LogP contribution in [-0.4, -0.2) is 43.5 Å². The second-order valence-electron chi connectivity index (χ2n) is 8.00. The maximum atomic E-state index is 9.85. The van der Waals surface area contributed by atoms with Crippen molar-refractivity contribution in [1.82, 2.24) is 19.7 Å². The standard InChI is InChI=1S/C20H30N4O/c1-20(2,25)11-10-16-6-8-17(9-7-16)13-24-12-4-5-18(14-24)19-22-21-15-23(19)3/h6-9,15,18,25H,4-5,10-14H2,1-3H3/t18-/m0/s1. The van der Waals surface area contributed by atoms with E-state index in [4.69, 9.17) is 0 Å². The molecule has 0 radical (unpaired) electrons. The van der Waals surface area contributed by atoms with Gasteiger partial charge in [0.25, 0.3) is 0 Å². The average molecular weight is 342 g/mol. The number of nitrogens with zero attached hydrogens (tertiary/aromatic N) is 4. The van der Waals surface area contributed by atoms with Crippen molar-refractivity contribution in [2.75, 3.05) is 13.1 Å². The van der Waals surface area contributed by atoms with Crippen LogP contribution < -0.4 is 0 Å². The molecule has 0 aliphatic carbocycles. The number of aromatic nitrogens is 3. The van der Waals surface area contributed by atoms with Crippen LogP contribution in [0.4, 0.5) is 0 Å². The predicted octanol–water partition coefficient (Wildman–Crippen LogP) is 2.90. The van der Waals surface area contributed by atoms with Crippen LogP contribution >= 0.6 is 0 Å². The Balaban J connectivity index is 1.56. The fourth-order valence-electron chi connectivity index (χ4n) is 3.59. The third kappa shape index (κ3) is 5.13. The maximum absolute atomic E-state index is 9.85. The highest BCUT2D eigenvalue weighted by Crippen LogP contribution is 2.26. The number of likely N-dealkylation sites (tertiary alicyclic amines) is 1. The molecule has 1 aromatic heterocycles. The van der Waals surface area contributed by atoms with Crippen LogP contribution in [0.15, 0.2) is 30.6 Å². The van der Waals surface area contributed by atoms with Crippen molar-refractivity contribution in [3.63, 3.8) is 0 Å². The van der Waals surface area contributed by atoms with Crippen LogP contribution in [0.5, 0.6) is 0 Å². The van der Waals surface area contributed by atoms with Gasteiger partial charge in [-0.05, 0) is 57.2 Å². The van der Waals surface area contributed by atoms with Gasteiger partial charge >= 0.3 is 0 Å². The Bertz CT molecular complexity index is 672. The van der Waals surface area contributed by atoms with Crippen molar-refractivity contribution in [2.45, 2.75) is 57.6 Å². The summed E-state index contributed by atoms with van der Waals surface area (Å²) >= 11 is 0. The van der Waals surface area contributed by atoms with Gasteiger partial charge in [0, 0.05) is 26.1 Å². The van der Waals surface area contributed by atoms with Gasteiger partial charge in [-0.2, -0.15) is 0 Å². The minimum absolute atomic E-state index is 0.479. The van der Waals surface area contributed by atoms with Gasteiger partial charge in [-0.1, -0.05) is 24.3 Å². The molecule has 0 spiro atoms. The molecule has 5 nitrogen and oxygen atoms in total. The van der Waals surface area contributed by atoms with E-state index in [1.807, 2.05) is 25.5 Å². The maximum Gasteiger partial charge on any atom is 0.136 e. The van der Waals surface area contributed by atoms with Crippen LogP contribution in [0.25, 0.3) is 0 Å². The fraction of sp³-hybridized carbons (Fsp3) is 0.600. The van der Waals surface area contributed by atoms with Crippen molar-refractivity contribution >= 4 is 0 Å². The number of benzene rings is 1. The zero-order chi connectivity index (χ0) is 17.9. The molecule has 0 saturated carbocycles. The molecular weight excluding hydrogens is 312 g/mol. The highest BCUT2D eigenvalue weighted by molar-refractivity contribution is 5.23. The van der Waals surface area contributed by atoms with Crippen LogP contribution in [0.2, 0.25) is 0 Å². The van der Waals surface area contributed by atoms with E-state index in [9.17, 15) is 5.11 Å². The van der Waals surface area contributed by atoms with Crippen LogP contribution in [0.3, 0.4) is 0 Å². The summed E-state index contributed by atoms with van der Waals surface area (Å²) in [5.74, 6) is 1.58. The number of hydrogen-bond acceptors (Lipinski definition) is 4. The lowest BCUT2D eigenvalue weighted by Gasteiger charge is -2.32. The highest BCUT2D eigenvalue weighted by atomic mass is 16.3. The second kappa shape index (κ2) is 7.67. The van der Waals surface area contributed by atoms with Crippen molar-refractivity contribution < 1.29 is 5.11 Å². The van der Waals surface area contributed by atoms with Gasteiger partial charge in [0.1, 0.15) is 12.2 Å². The Morgan fingerprint density at radius 1 is 1.20 bits per heavy atom. The SMILES string of the molecule is Cn1cnnc1[C@H]1CCCN(Cc2ccc(CCC(C)(C)O)cc2)C1. The first-order valence-corrected chi connectivity index (χ1v) is 9.27. The molecule has 0 unspecified atom stereocenters. The molecule has 1 fully saturated rings. The zero-order valence-electron chi connectivity index (χ0n) is 15.6. The molecule has 1 saturated heterocycles. The molecule has 136 valence electrons. The summed E-state index contributed by atoms with van der Waals surface area (Å²) in [5.41, 5.74) is 2.05. The molecule has 0 amide bonds. The largest absolute Gasteiger partial charge is 0.390 e. The van der Waals surface area contributed by atoms with E-state index in [2.05, 4.69) is 39.4 Å². The monoisotopic (exact) mass is 342 g/mol. The van der Waals surface area contributed by atoms with Gasteiger partial charge in [-0.25, -0.2) is 0 Å². The molecular formula is C20H30N4O. The molecule has 3 rings (SSSR count). The smallest absolute Gasteiger partial charge is 0.136 e. The lowest BCUT2D eigenvalue weighted by Crippen LogP contribution is -2.34. The molecule has 25 heavy (non-hydrogen) atoms. The number of aliphatic hydroxyl groups is 1.